The fraction of sp³-hybridized carbons (Fsp3) is 0.100. The molecule has 0 amide bonds. The summed E-state index contributed by atoms with van der Waals surface area (Å²) in [5.41, 5.74) is -0.144. The highest BCUT2D eigenvalue weighted by Gasteiger charge is 2.31. The van der Waals surface area contributed by atoms with Crippen molar-refractivity contribution in [2.75, 3.05) is 11.8 Å². The van der Waals surface area contributed by atoms with Gasteiger partial charge in [0.2, 0.25) is 0 Å². The van der Waals surface area contributed by atoms with Crippen LogP contribution in [-0.2, 0) is 16.2 Å². The molecule has 0 fully saturated rings. The fourth-order valence-corrected chi connectivity index (χ4v) is 5.20. The molecule has 6 nitrogen and oxygen atoms in total. The summed E-state index contributed by atoms with van der Waals surface area (Å²) in [6.07, 6.45) is -3.07. The van der Waals surface area contributed by atoms with Crippen LogP contribution in [0.5, 0.6) is 5.75 Å². The van der Waals surface area contributed by atoms with Crippen LogP contribution in [-0.4, -0.2) is 25.5 Å². The van der Waals surface area contributed by atoms with Crippen LogP contribution in [0.1, 0.15) is 5.56 Å². The molecule has 0 spiro atoms. The van der Waals surface area contributed by atoms with Crippen molar-refractivity contribution in [3.63, 3.8) is 0 Å². The minimum Gasteiger partial charge on any atom is -0.496 e. The molecule has 4 rings (SSSR count). The molecule has 32 heavy (non-hydrogen) atoms. The number of alkyl halides is 3. The summed E-state index contributed by atoms with van der Waals surface area (Å²) in [4.78, 5) is 8.14. The summed E-state index contributed by atoms with van der Waals surface area (Å²) in [5, 5.41) is 2.86. The van der Waals surface area contributed by atoms with Crippen LogP contribution in [0.15, 0.2) is 58.9 Å². The van der Waals surface area contributed by atoms with E-state index < -0.39 is 21.8 Å². The van der Waals surface area contributed by atoms with E-state index in [-0.39, 0.29) is 20.9 Å². The van der Waals surface area contributed by atoms with Gasteiger partial charge in [-0.2, -0.15) is 13.2 Å². The number of nitrogens with one attached hydrogen (secondary N) is 1. The highest BCUT2D eigenvalue weighted by Crippen LogP contribution is 2.39. The van der Waals surface area contributed by atoms with Gasteiger partial charge < -0.3 is 4.74 Å². The number of sulfonamides is 1. The lowest BCUT2D eigenvalue weighted by molar-refractivity contribution is -0.137. The Morgan fingerprint density at radius 3 is 2.56 bits per heavy atom. The molecular weight excluding hydrogens is 487 g/mol. The number of anilines is 1. The van der Waals surface area contributed by atoms with E-state index in [0.717, 1.165) is 23.5 Å². The van der Waals surface area contributed by atoms with Crippen LogP contribution in [0.3, 0.4) is 0 Å². The summed E-state index contributed by atoms with van der Waals surface area (Å²) < 4.78 is 72.1. The summed E-state index contributed by atoms with van der Waals surface area (Å²) in [7, 11) is -2.67. The zero-order valence-electron chi connectivity index (χ0n) is 16.1. The molecule has 0 radical (unpaired) electrons. The first-order chi connectivity index (χ1) is 15.1. The third-order valence-corrected chi connectivity index (χ3v) is 7.07. The molecule has 0 aliphatic rings. The Balaban J connectivity index is 1.78. The van der Waals surface area contributed by atoms with E-state index in [0.29, 0.717) is 22.0 Å². The van der Waals surface area contributed by atoms with Gasteiger partial charge in [0.15, 0.2) is 5.13 Å². The molecule has 2 aromatic carbocycles. The van der Waals surface area contributed by atoms with E-state index in [1.807, 2.05) is 0 Å². The van der Waals surface area contributed by atoms with Crippen LogP contribution in [0, 0.1) is 0 Å². The van der Waals surface area contributed by atoms with Crippen LogP contribution in [0.25, 0.3) is 22.0 Å². The molecule has 0 saturated carbocycles. The average Bonchev–Trinajstić information content (AvgIpc) is 3.15. The quantitative estimate of drug-likeness (QED) is 0.373. The van der Waals surface area contributed by atoms with E-state index in [1.54, 1.807) is 6.07 Å². The van der Waals surface area contributed by atoms with Crippen molar-refractivity contribution in [2.24, 2.45) is 0 Å². The number of pyridine rings is 1. The summed E-state index contributed by atoms with van der Waals surface area (Å²) >= 11 is 6.78. The molecule has 0 atom stereocenters. The van der Waals surface area contributed by atoms with Gasteiger partial charge in [0.1, 0.15) is 10.9 Å². The number of methoxy groups -OCH3 is 1. The number of ether oxygens (including phenoxy) is 1. The SMILES string of the molecule is COc1cc(C(F)(F)F)ccc1-c1nccc2cc(S(=O)(=O)Nc3nc(Cl)cs3)ccc12. The van der Waals surface area contributed by atoms with Crippen molar-refractivity contribution in [1.29, 1.82) is 0 Å². The van der Waals surface area contributed by atoms with Gasteiger partial charge in [-0.25, -0.2) is 13.4 Å². The maximum atomic E-state index is 13.1. The number of fused-ring (bicyclic) bond motifs is 1. The van der Waals surface area contributed by atoms with Gasteiger partial charge >= 0.3 is 6.18 Å². The lowest BCUT2D eigenvalue weighted by Crippen LogP contribution is -2.12. The second kappa shape index (κ2) is 8.23. The van der Waals surface area contributed by atoms with Crippen molar-refractivity contribution in [1.82, 2.24) is 9.97 Å². The van der Waals surface area contributed by atoms with E-state index >= 15 is 0 Å². The molecule has 12 heteroatoms. The highest BCUT2D eigenvalue weighted by atomic mass is 35.5. The summed E-state index contributed by atoms with van der Waals surface area (Å²) in [6, 6.07) is 9.09. The number of benzene rings is 2. The van der Waals surface area contributed by atoms with E-state index in [2.05, 4.69) is 14.7 Å². The molecule has 0 aliphatic heterocycles. The lowest BCUT2D eigenvalue weighted by atomic mass is 10.0. The number of thiazole rings is 1. The minimum atomic E-state index is -4.52. The normalized spacial score (nSPS) is 12.2. The van der Waals surface area contributed by atoms with Crippen molar-refractivity contribution < 1.29 is 26.3 Å². The van der Waals surface area contributed by atoms with Gasteiger partial charge in [0.25, 0.3) is 10.0 Å². The van der Waals surface area contributed by atoms with Crippen molar-refractivity contribution in [2.45, 2.75) is 11.1 Å². The van der Waals surface area contributed by atoms with Gasteiger partial charge in [0, 0.05) is 22.5 Å². The smallest absolute Gasteiger partial charge is 0.416 e. The lowest BCUT2D eigenvalue weighted by Gasteiger charge is -2.14. The van der Waals surface area contributed by atoms with Crippen LogP contribution in [0.4, 0.5) is 18.3 Å². The molecule has 0 saturated heterocycles. The topological polar surface area (TPSA) is 81.2 Å². The van der Waals surface area contributed by atoms with Crippen LogP contribution in [0.2, 0.25) is 5.15 Å². The number of hydrogen-bond donors (Lipinski definition) is 1. The maximum absolute atomic E-state index is 13.1. The van der Waals surface area contributed by atoms with Gasteiger partial charge in [-0.1, -0.05) is 17.7 Å². The Hall–Kier alpha value is -2.89. The standard InChI is InChI=1S/C20H13ClF3N3O3S2/c1-30-16-9-12(20(22,23)24)2-4-15(16)18-14-5-3-13(8-11(14)6-7-25-18)32(28,29)27-19-26-17(21)10-31-19/h2-10H,1H3,(H,26,27). The van der Waals surface area contributed by atoms with Gasteiger partial charge in [-0.15, -0.1) is 11.3 Å². The second-order valence-electron chi connectivity index (χ2n) is 6.54. The Bertz CT molecular complexity index is 1420. The number of nitrogens with zero attached hydrogens (tertiary/aromatic N) is 2. The van der Waals surface area contributed by atoms with Gasteiger partial charge in [-0.05, 0) is 41.8 Å². The zero-order valence-corrected chi connectivity index (χ0v) is 18.5. The fourth-order valence-electron chi connectivity index (χ4n) is 3.08. The van der Waals surface area contributed by atoms with Crippen molar-refractivity contribution >= 4 is 48.9 Å². The molecule has 0 bridgehead atoms. The third-order valence-electron chi connectivity index (χ3n) is 4.53. The predicted molar refractivity (Wildman–Crippen MR) is 117 cm³/mol. The van der Waals surface area contributed by atoms with Crippen molar-refractivity contribution in [3.8, 4) is 17.0 Å². The number of hydrogen-bond acceptors (Lipinski definition) is 6. The first-order valence-electron chi connectivity index (χ1n) is 8.87. The molecule has 2 aromatic heterocycles. The molecular formula is C20H13ClF3N3O3S2. The summed E-state index contributed by atoms with van der Waals surface area (Å²) in [5.74, 6) is -0.00108. The Labute approximate surface area is 189 Å². The molecule has 0 aliphatic carbocycles. The van der Waals surface area contributed by atoms with E-state index in [4.69, 9.17) is 16.3 Å². The monoisotopic (exact) mass is 499 g/mol. The minimum absolute atomic E-state index is 0.00108. The largest absolute Gasteiger partial charge is 0.496 e. The molecule has 1 N–H and O–H groups in total. The Kier molecular flexibility index (Phi) is 5.74. The number of aromatic nitrogens is 2. The molecule has 166 valence electrons. The molecule has 4 aromatic rings. The molecule has 0 unspecified atom stereocenters. The van der Waals surface area contributed by atoms with E-state index in [1.165, 1.54) is 43.0 Å². The first kappa shape index (κ1) is 22.3. The zero-order chi connectivity index (χ0) is 23.1. The van der Waals surface area contributed by atoms with E-state index in [9.17, 15) is 21.6 Å². The Morgan fingerprint density at radius 2 is 1.91 bits per heavy atom. The van der Waals surface area contributed by atoms with Crippen molar-refractivity contribution in [3.05, 3.63) is 64.8 Å². The first-order valence-corrected chi connectivity index (χ1v) is 11.6. The molecule has 2 heterocycles. The van der Waals surface area contributed by atoms with Crippen LogP contribution >= 0.6 is 22.9 Å². The second-order valence-corrected chi connectivity index (χ2v) is 9.46. The number of halogens is 4. The average molecular weight is 500 g/mol. The predicted octanol–water partition coefficient (Wildman–Crippen LogP) is 5.84. The highest BCUT2D eigenvalue weighted by molar-refractivity contribution is 7.93. The van der Waals surface area contributed by atoms with Gasteiger partial charge in [0.05, 0.1) is 23.3 Å². The third kappa shape index (κ3) is 4.36. The maximum Gasteiger partial charge on any atom is 0.416 e. The number of rotatable bonds is 5. The van der Waals surface area contributed by atoms with Crippen LogP contribution < -0.4 is 9.46 Å². The summed E-state index contributed by atoms with van der Waals surface area (Å²) in [6.45, 7) is 0. The Morgan fingerprint density at radius 1 is 1.12 bits per heavy atom. The van der Waals surface area contributed by atoms with Gasteiger partial charge in [-0.3, -0.25) is 9.71 Å².